The van der Waals surface area contributed by atoms with Gasteiger partial charge < -0.3 is 4.90 Å². The van der Waals surface area contributed by atoms with Crippen LogP contribution in [-0.2, 0) is 17.9 Å². The molecule has 140 valence electrons. The van der Waals surface area contributed by atoms with Gasteiger partial charge >= 0.3 is 0 Å². The largest absolute Gasteiger partial charge is 0.340 e. The van der Waals surface area contributed by atoms with E-state index in [-0.39, 0.29) is 17.5 Å². The predicted molar refractivity (Wildman–Crippen MR) is 107 cm³/mol. The molecular weight excluding hydrogens is 383 g/mol. The molecule has 0 N–H and O–H groups in total. The van der Waals surface area contributed by atoms with Crippen molar-refractivity contribution in [3.63, 3.8) is 0 Å². The van der Waals surface area contributed by atoms with Crippen LogP contribution in [0.25, 0.3) is 11.4 Å². The van der Waals surface area contributed by atoms with E-state index in [0.717, 1.165) is 10.4 Å². The molecule has 3 rings (SSSR count). The van der Waals surface area contributed by atoms with Crippen LogP contribution < -0.4 is 0 Å². The van der Waals surface area contributed by atoms with Gasteiger partial charge in [0.1, 0.15) is 5.82 Å². The Morgan fingerprint density at radius 1 is 1.33 bits per heavy atom. The molecular formula is C19H19FN4OS2. The van der Waals surface area contributed by atoms with Crippen molar-refractivity contribution in [3.05, 3.63) is 65.1 Å². The fourth-order valence-electron chi connectivity index (χ4n) is 2.46. The Kier molecular flexibility index (Phi) is 6.41. The maximum Gasteiger partial charge on any atom is 0.233 e. The average Bonchev–Trinajstić information content (AvgIpc) is 3.31. The van der Waals surface area contributed by atoms with Gasteiger partial charge in [-0.05, 0) is 35.7 Å². The zero-order valence-electron chi connectivity index (χ0n) is 14.8. The minimum atomic E-state index is -0.303. The second-order valence-electron chi connectivity index (χ2n) is 5.83. The molecule has 0 unspecified atom stereocenters. The smallest absolute Gasteiger partial charge is 0.233 e. The van der Waals surface area contributed by atoms with E-state index in [9.17, 15) is 9.18 Å². The van der Waals surface area contributed by atoms with Crippen molar-refractivity contribution in [2.24, 2.45) is 0 Å². The van der Waals surface area contributed by atoms with Crippen LogP contribution in [0, 0.1) is 5.82 Å². The van der Waals surface area contributed by atoms with E-state index in [2.05, 4.69) is 16.8 Å². The molecule has 0 atom stereocenters. The summed E-state index contributed by atoms with van der Waals surface area (Å²) in [5, 5.41) is 11.1. The highest BCUT2D eigenvalue weighted by atomic mass is 32.2. The van der Waals surface area contributed by atoms with Crippen LogP contribution in [0.2, 0.25) is 0 Å². The third-order valence-corrected chi connectivity index (χ3v) is 5.67. The number of thioether (sulfide) groups is 1. The van der Waals surface area contributed by atoms with Crippen molar-refractivity contribution in [1.29, 1.82) is 0 Å². The molecule has 0 saturated carbocycles. The van der Waals surface area contributed by atoms with E-state index in [1.54, 1.807) is 41.5 Å². The lowest BCUT2D eigenvalue weighted by molar-refractivity contribution is -0.127. The lowest BCUT2D eigenvalue weighted by Gasteiger charge is -2.16. The van der Waals surface area contributed by atoms with Crippen LogP contribution in [0.3, 0.4) is 0 Å². The molecule has 0 spiro atoms. The molecule has 0 aliphatic heterocycles. The van der Waals surface area contributed by atoms with E-state index in [0.29, 0.717) is 24.1 Å². The number of halogens is 1. The van der Waals surface area contributed by atoms with Gasteiger partial charge in [0.25, 0.3) is 0 Å². The molecule has 0 fully saturated rings. The molecule has 8 heteroatoms. The summed E-state index contributed by atoms with van der Waals surface area (Å²) in [7, 11) is 1.79. The van der Waals surface area contributed by atoms with Crippen LogP contribution in [0.5, 0.6) is 0 Å². The van der Waals surface area contributed by atoms with Crippen LogP contribution >= 0.6 is 23.1 Å². The molecule has 0 aliphatic rings. The second-order valence-corrected chi connectivity index (χ2v) is 7.80. The molecule has 2 aromatic heterocycles. The summed E-state index contributed by atoms with van der Waals surface area (Å²) in [5.41, 5.74) is 0.763. The third-order valence-electron chi connectivity index (χ3n) is 3.85. The van der Waals surface area contributed by atoms with Gasteiger partial charge in [0.05, 0.1) is 12.3 Å². The van der Waals surface area contributed by atoms with Gasteiger partial charge in [-0.3, -0.25) is 9.36 Å². The number of aromatic nitrogens is 3. The summed E-state index contributed by atoms with van der Waals surface area (Å²) >= 11 is 2.96. The van der Waals surface area contributed by atoms with Crippen molar-refractivity contribution in [3.8, 4) is 11.4 Å². The summed E-state index contributed by atoms with van der Waals surface area (Å²) in [6.07, 6.45) is 1.74. The summed E-state index contributed by atoms with van der Waals surface area (Å²) < 4.78 is 15.0. The minimum absolute atomic E-state index is 0.0184. The Balaban J connectivity index is 1.70. The quantitative estimate of drug-likeness (QED) is 0.421. The zero-order valence-corrected chi connectivity index (χ0v) is 16.5. The molecule has 3 aromatic rings. The SMILES string of the molecule is C=CCn1c(SCC(=O)N(C)Cc2cccs2)nnc1-c1ccc(F)cc1. The number of benzene rings is 1. The fourth-order valence-corrected chi connectivity index (χ4v) is 4.11. The molecule has 2 heterocycles. The molecule has 1 amide bonds. The van der Waals surface area contributed by atoms with Crippen molar-refractivity contribution in [2.75, 3.05) is 12.8 Å². The Morgan fingerprint density at radius 3 is 2.78 bits per heavy atom. The Bertz CT molecular complexity index is 906. The second kappa shape index (κ2) is 8.96. The summed E-state index contributed by atoms with van der Waals surface area (Å²) in [5.74, 6) is 0.602. The van der Waals surface area contributed by atoms with Crippen molar-refractivity contribution in [2.45, 2.75) is 18.2 Å². The zero-order chi connectivity index (χ0) is 19.2. The normalized spacial score (nSPS) is 10.7. The number of hydrogen-bond acceptors (Lipinski definition) is 5. The topological polar surface area (TPSA) is 51.0 Å². The fraction of sp³-hybridized carbons (Fsp3) is 0.211. The lowest BCUT2D eigenvalue weighted by Crippen LogP contribution is -2.27. The van der Waals surface area contributed by atoms with Gasteiger partial charge in [-0.25, -0.2) is 4.39 Å². The molecule has 27 heavy (non-hydrogen) atoms. The highest BCUT2D eigenvalue weighted by molar-refractivity contribution is 7.99. The monoisotopic (exact) mass is 402 g/mol. The lowest BCUT2D eigenvalue weighted by atomic mass is 10.2. The summed E-state index contributed by atoms with van der Waals surface area (Å²) in [6.45, 7) is 4.87. The van der Waals surface area contributed by atoms with Crippen molar-refractivity contribution < 1.29 is 9.18 Å². The number of thiophene rings is 1. The number of rotatable bonds is 8. The number of hydrogen-bond donors (Lipinski definition) is 0. The van der Waals surface area contributed by atoms with Crippen LogP contribution in [0.1, 0.15) is 4.88 Å². The first-order chi connectivity index (χ1) is 13.1. The molecule has 0 bridgehead atoms. The van der Waals surface area contributed by atoms with Crippen LogP contribution in [0.4, 0.5) is 4.39 Å². The number of carbonyl (C=O) groups is 1. The number of amides is 1. The van der Waals surface area contributed by atoms with Crippen LogP contribution in [-0.4, -0.2) is 38.4 Å². The van der Waals surface area contributed by atoms with Crippen molar-refractivity contribution >= 4 is 29.0 Å². The van der Waals surface area contributed by atoms with E-state index < -0.39 is 0 Å². The Labute approximate surface area is 165 Å². The van der Waals surface area contributed by atoms with Gasteiger partial charge in [-0.15, -0.1) is 28.1 Å². The highest BCUT2D eigenvalue weighted by Gasteiger charge is 2.17. The van der Waals surface area contributed by atoms with Crippen LogP contribution in [0.15, 0.2) is 59.6 Å². The van der Waals surface area contributed by atoms with Gasteiger partial charge in [0, 0.05) is 24.0 Å². The molecule has 0 radical (unpaired) electrons. The maximum absolute atomic E-state index is 13.2. The first-order valence-corrected chi connectivity index (χ1v) is 10.1. The van der Waals surface area contributed by atoms with Gasteiger partial charge in [-0.1, -0.05) is 23.9 Å². The first-order valence-electron chi connectivity index (χ1n) is 8.27. The average molecular weight is 403 g/mol. The maximum atomic E-state index is 13.2. The van der Waals surface area contributed by atoms with Crippen molar-refractivity contribution in [1.82, 2.24) is 19.7 Å². The Hall–Kier alpha value is -2.45. The third kappa shape index (κ3) is 4.84. The first kappa shape index (κ1) is 19.3. The molecule has 1 aromatic carbocycles. The summed E-state index contributed by atoms with van der Waals surface area (Å²) in [6, 6.07) is 10.1. The molecule has 0 saturated heterocycles. The number of nitrogens with zero attached hydrogens (tertiary/aromatic N) is 4. The van der Waals surface area contributed by atoms with E-state index >= 15 is 0 Å². The van der Waals surface area contributed by atoms with E-state index in [4.69, 9.17) is 0 Å². The Morgan fingerprint density at radius 2 is 2.11 bits per heavy atom. The minimum Gasteiger partial charge on any atom is -0.340 e. The van der Waals surface area contributed by atoms with Gasteiger partial charge in [0.2, 0.25) is 5.91 Å². The number of carbonyl (C=O) groups excluding carboxylic acids is 1. The van der Waals surface area contributed by atoms with E-state index in [1.807, 2.05) is 22.1 Å². The standard InChI is InChI=1S/C19H19FN4OS2/c1-3-10-24-18(14-6-8-15(20)9-7-14)21-22-19(24)27-13-17(25)23(2)12-16-5-4-11-26-16/h3-9,11H,1,10,12-13H2,2H3. The van der Waals surface area contributed by atoms with Gasteiger partial charge in [-0.2, -0.15) is 0 Å². The predicted octanol–water partition coefficient (Wildman–Crippen LogP) is 4.08. The highest BCUT2D eigenvalue weighted by Crippen LogP contribution is 2.24. The van der Waals surface area contributed by atoms with Gasteiger partial charge in [0.15, 0.2) is 11.0 Å². The molecule has 5 nitrogen and oxygen atoms in total. The molecule has 0 aliphatic carbocycles. The van der Waals surface area contributed by atoms with E-state index in [1.165, 1.54) is 23.9 Å². The number of allylic oxidation sites excluding steroid dienone is 1. The summed E-state index contributed by atoms with van der Waals surface area (Å²) in [4.78, 5) is 15.3.